The number of aliphatic hydroxyl groups is 1. The average Bonchev–Trinajstić information content (AvgIpc) is 2.84. The van der Waals surface area contributed by atoms with Gasteiger partial charge in [0.1, 0.15) is 11.6 Å². The van der Waals surface area contributed by atoms with E-state index in [1.165, 1.54) is 0 Å². The van der Waals surface area contributed by atoms with Gasteiger partial charge in [0.25, 0.3) is 0 Å². The second-order valence-corrected chi connectivity index (χ2v) is 5.80. The van der Waals surface area contributed by atoms with E-state index in [2.05, 4.69) is 10.6 Å². The molecule has 0 spiro atoms. The summed E-state index contributed by atoms with van der Waals surface area (Å²) in [7, 11) is 0. The maximum Gasteiger partial charge on any atom is 0.319 e. The topological polar surface area (TPSA) is 61.4 Å². The maximum absolute atomic E-state index is 13.2. The van der Waals surface area contributed by atoms with E-state index in [0.717, 1.165) is 29.3 Å². The van der Waals surface area contributed by atoms with Crippen molar-refractivity contribution in [3.8, 4) is 0 Å². The Balaban J connectivity index is 1.72. The molecular formula is C17H16F2N2O2. The molecule has 0 atom stereocenters. The van der Waals surface area contributed by atoms with E-state index in [4.69, 9.17) is 0 Å². The number of anilines is 1. The van der Waals surface area contributed by atoms with E-state index in [-0.39, 0.29) is 12.3 Å². The number of halogens is 2. The van der Waals surface area contributed by atoms with Gasteiger partial charge in [0, 0.05) is 11.8 Å². The third-order valence-corrected chi connectivity index (χ3v) is 3.98. The van der Waals surface area contributed by atoms with Crippen molar-refractivity contribution in [2.45, 2.75) is 18.4 Å². The smallest absolute Gasteiger partial charge is 0.319 e. The highest BCUT2D eigenvalue weighted by molar-refractivity contribution is 5.90. The first-order valence-electron chi connectivity index (χ1n) is 7.23. The van der Waals surface area contributed by atoms with Crippen molar-refractivity contribution in [2.24, 2.45) is 0 Å². The highest BCUT2D eigenvalue weighted by atomic mass is 19.1. The molecule has 0 unspecified atom stereocenters. The van der Waals surface area contributed by atoms with Crippen LogP contribution in [0.4, 0.5) is 19.3 Å². The second kappa shape index (κ2) is 5.96. The number of carbonyl (C=O) groups is 1. The van der Waals surface area contributed by atoms with Crippen molar-refractivity contribution >= 4 is 11.7 Å². The highest BCUT2D eigenvalue weighted by Gasteiger charge is 2.38. The number of amides is 2. The van der Waals surface area contributed by atoms with Gasteiger partial charge in [-0.05, 0) is 36.1 Å². The standard InChI is InChI=1S/C17H16F2N2O2/c18-13-5-14(19)7-15(6-13)20-16(23)21-17(10-22)8-11-3-1-2-4-12(11)9-17/h1-7,22H,8-10H2,(H2,20,21,23). The van der Waals surface area contributed by atoms with Crippen LogP contribution in [0.15, 0.2) is 42.5 Å². The first-order chi connectivity index (χ1) is 11.0. The van der Waals surface area contributed by atoms with Gasteiger partial charge in [-0.2, -0.15) is 0 Å². The molecule has 2 aromatic carbocycles. The van der Waals surface area contributed by atoms with Crippen LogP contribution >= 0.6 is 0 Å². The van der Waals surface area contributed by atoms with E-state index in [9.17, 15) is 18.7 Å². The van der Waals surface area contributed by atoms with Crippen molar-refractivity contribution in [1.82, 2.24) is 5.32 Å². The number of hydrogen-bond donors (Lipinski definition) is 3. The minimum Gasteiger partial charge on any atom is -0.394 e. The summed E-state index contributed by atoms with van der Waals surface area (Å²) in [5.41, 5.74) is 1.35. The van der Waals surface area contributed by atoms with Gasteiger partial charge in [0.05, 0.1) is 12.1 Å². The van der Waals surface area contributed by atoms with Crippen LogP contribution < -0.4 is 10.6 Å². The Bertz CT molecular complexity index is 704. The van der Waals surface area contributed by atoms with Gasteiger partial charge in [-0.3, -0.25) is 0 Å². The summed E-state index contributed by atoms with van der Waals surface area (Å²) in [4.78, 5) is 12.1. The summed E-state index contributed by atoms with van der Waals surface area (Å²) in [6.07, 6.45) is 1.01. The lowest BCUT2D eigenvalue weighted by Crippen LogP contribution is -2.53. The fourth-order valence-corrected chi connectivity index (χ4v) is 2.96. The molecule has 1 aliphatic carbocycles. The summed E-state index contributed by atoms with van der Waals surface area (Å²) in [5.74, 6) is -1.55. The third-order valence-electron chi connectivity index (χ3n) is 3.98. The molecule has 3 N–H and O–H groups in total. The highest BCUT2D eigenvalue weighted by Crippen LogP contribution is 2.29. The van der Waals surface area contributed by atoms with Crippen LogP contribution in [0.1, 0.15) is 11.1 Å². The van der Waals surface area contributed by atoms with E-state index < -0.39 is 23.2 Å². The molecule has 6 heteroatoms. The summed E-state index contributed by atoms with van der Waals surface area (Å²) < 4.78 is 26.3. The molecule has 0 fully saturated rings. The van der Waals surface area contributed by atoms with Gasteiger partial charge < -0.3 is 15.7 Å². The summed E-state index contributed by atoms with van der Waals surface area (Å²) in [5, 5.41) is 14.9. The van der Waals surface area contributed by atoms with Gasteiger partial charge in [0.2, 0.25) is 0 Å². The first-order valence-corrected chi connectivity index (χ1v) is 7.23. The lowest BCUT2D eigenvalue weighted by molar-refractivity contribution is 0.169. The Morgan fingerprint density at radius 2 is 1.65 bits per heavy atom. The normalized spacial score (nSPS) is 15.1. The minimum absolute atomic E-state index is 0.0172. The number of benzene rings is 2. The Hall–Kier alpha value is -2.47. The number of carbonyl (C=O) groups excluding carboxylic acids is 1. The molecule has 120 valence electrons. The maximum atomic E-state index is 13.2. The number of urea groups is 1. The predicted molar refractivity (Wildman–Crippen MR) is 82.2 cm³/mol. The van der Waals surface area contributed by atoms with Crippen LogP contribution in [-0.2, 0) is 12.8 Å². The van der Waals surface area contributed by atoms with Gasteiger partial charge in [-0.15, -0.1) is 0 Å². The fraction of sp³-hybridized carbons (Fsp3) is 0.235. The first kappa shape index (κ1) is 15.4. The van der Waals surface area contributed by atoms with E-state index in [0.29, 0.717) is 12.8 Å². The fourth-order valence-electron chi connectivity index (χ4n) is 2.96. The molecule has 0 aliphatic heterocycles. The average molecular weight is 318 g/mol. The van der Waals surface area contributed by atoms with E-state index in [1.54, 1.807) is 0 Å². The molecule has 0 heterocycles. The number of nitrogens with one attached hydrogen (secondary N) is 2. The van der Waals surface area contributed by atoms with Crippen molar-refractivity contribution < 1.29 is 18.7 Å². The molecule has 0 aromatic heterocycles. The lowest BCUT2D eigenvalue weighted by Gasteiger charge is -2.28. The zero-order valence-electron chi connectivity index (χ0n) is 12.3. The number of hydrogen-bond acceptors (Lipinski definition) is 2. The summed E-state index contributed by atoms with van der Waals surface area (Å²) in [6, 6.07) is 9.88. The largest absolute Gasteiger partial charge is 0.394 e. The molecular weight excluding hydrogens is 302 g/mol. The minimum atomic E-state index is -0.806. The van der Waals surface area contributed by atoms with Gasteiger partial charge in [-0.1, -0.05) is 24.3 Å². The predicted octanol–water partition coefficient (Wildman–Crippen LogP) is 2.62. The quantitative estimate of drug-likeness (QED) is 0.815. The van der Waals surface area contributed by atoms with E-state index >= 15 is 0 Å². The third kappa shape index (κ3) is 3.32. The molecule has 0 saturated heterocycles. The molecule has 0 saturated carbocycles. The van der Waals surface area contributed by atoms with Gasteiger partial charge in [0.15, 0.2) is 0 Å². The lowest BCUT2D eigenvalue weighted by atomic mass is 9.97. The molecule has 0 radical (unpaired) electrons. The molecule has 4 nitrogen and oxygen atoms in total. The number of rotatable bonds is 3. The SMILES string of the molecule is O=C(Nc1cc(F)cc(F)c1)NC1(CO)Cc2ccccc2C1. The van der Waals surface area contributed by atoms with E-state index in [1.807, 2.05) is 24.3 Å². The summed E-state index contributed by atoms with van der Waals surface area (Å²) >= 11 is 0. The van der Waals surface area contributed by atoms with Crippen LogP contribution in [0.2, 0.25) is 0 Å². The second-order valence-electron chi connectivity index (χ2n) is 5.80. The molecule has 3 rings (SSSR count). The van der Waals surface area contributed by atoms with Gasteiger partial charge in [-0.25, -0.2) is 13.6 Å². The van der Waals surface area contributed by atoms with Crippen molar-refractivity contribution in [3.63, 3.8) is 0 Å². The van der Waals surface area contributed by atoms with Crippen molar-refractivity contribution in [3.05, 3.63) is 65.2 Å². The zero-order chi connectivity index (χ0) is 16.4. The number of fused-ring (bicyclic) bond motifs is 1. The van der Waals surface area contributed by atoms with Crippen molar-refractivity contribution in [1.29, 1.82) is 0 Å². The van der Waals surface area contributed by atoms with Crippen LogP contribution in [0, 0.1) is 11.6 Å². The Morgan fingerprint density at radius 3 is 2.17 bits per heavy atom. The van der Waals surface area contributed by atoms with Crippen LogP contribution in [0.25, 0.3) is 0 Å². The van der Waals surface area contributed by atoms with Crippen LogP contribution in [-0.4, -0.2) is 23.3 Å². The van der Waals surface area contributed by atoms with Crippen LogP contribution in [0.3, 0.4) is 0 Å². The molecule has 0 bridgehead atoms. The molecule has 1 aliphatic rings. The summed E-state index contributed by atoms with van der Waals surface area (Å²) in [6.45, 7) is -0.230. The molecule has 23 heavy (non-hydrogen) atoms. The van der Waals surface area contributed by atoms with Crippen LogP contribution in [0.5, 0.6) is 0 Å². The molecule has 2 aromatic rings. The Morgan fingerprint density at radius 1 is 1.09 bits per heavy atom. The van der Waals surface area contributed by atoms with Gasteiger partial charge >= 0.3 is 6.03 Å². The van der Waals surface area contributed by atoms with Crippen molar-refractivity contribution in [2.75, 3.05) is 11.9 Å². The zero-order valence-corrected chi connectivity index (χ0v) is 12.3. The Kier molecular flexibility index (Phi) is 4.00. The Labute approximate surface area is 132 Å². The molecule has 2 amide bonds. The monoisotopic (exact) mass is 318 g/mol. The number of aliphatic hydroxyl groups excluding tert-OH is 1.